The van der Waals surface area contributed by atoms with Crippen LogP contribution in [0.15, 0.2) is 23.1 Å². The van der Waals surface area contributed by atoms with Crippen LogP contribution in [0.2, 0.25) is 5.02 Å². The molecule has 0 radical (unpaired) electrons. The van der Waals surface area contributed by atoms with Gasteiger partial charge in [0.05, 0.1) is 16.7 Å². The lowest BCUT2D eigenvalue weighted by atomic mass is 10.2. The average molecular weight is 335 g/mol. The minimum atomic E-state index is -3.73. The molecule has 110 valence electrons. The van der Waals surface area contributed by atoms with E-state index in [0.717, 1.165) is 0 Å². The summed E-state index contributed by atoms with van der Waals surface area (Å²) < 4.78 is 37.7. The van der Waals surface area contributed by atoms with Gasteiger partial charge in [-0.3, -0.25) is 4.21 Å². The van der Waals surface area contributed by atoms with Crippen molar-refractivity contribution in [1.29, 1.82) is 5.26 Å². The molecular weight excluding hydrogens is 320 g/mol. The summed E-state index contributed by atoms with van der Waals surface area (Å²) in [5.41, 5.74) is 0.295. The Morgan fingerprint density at radius 3 is 2.65 bits per heavy atom. The molecule has 5 nitrogen and oxygen atoms in total. The van der Waals surface area contributed by atoms with E-state index in [2.05, 4.69) is 4.72 Å². The van der Waals surface area contributed by atoms with Crippen molar-refractivity contribution in [2.24, 2.45) is 0 Å². The molecule has 0 unspecified atom stereocenters. The van der Waals surface area contributed by atoms with E-state index in [-0.39, 0.29) is 21.7 Å². The molecule has 0 saturated heterocycles. The minimum Gasteiger partial charge on any atom is -0.260 e. The topological polar surface area (TPSA) is 87.0 Å². The summed E-state index contributed by atoms with van der Waals surface area (Å²) in [6.07, 6.45) is 2.05. The molecule has 1 aromatic carbocycles. The predicted molar refractivity (Wildman–Crippen MR) is 79.5 cm³/mol. The summed E-state index contributed by atoms with van der Waals surface area (Å²) in [5.74, 6) is 0. The van der Waals surface area contributed by atoms with Gasteiger partial charge in [-0.15, -0.1) is 0 Å². The van der Waals surface area contributed by atoms with Crippen LogP contribution < -0.4 is 4.72 Å². The summed E-state index contributed by atoms with van der Waals surface area (Å²) >= 11 is 5.87. The van der Waals surface area contributed by atoms with E-state index in [1.165, 1.54) is 18.2 Å². The standard InChI is InChI=1S/C12H15ClN2O3S2/c1-9(19(2)16)5-6-15-20(17,18)12-4-3-10(8-14)7-11(12)13/h3-4,7,9,15H,5-6H2,1-2H3/t9-,19-/m0/s1. The van der Waals surface area contributed by atoms with Crippen LogP contribution in [0.5, 0.6) is 0 Å². The molecule has 0 aromatic heterocycles. The highest BCUT2D eigenvalue weighted by atomic mass is 35.5. The SMILES string of the molecule is C[C@@H](CCNS(=O)(=O)c1ccc(C#N)cc1Cl)[S@](C)=O. The quantitative estimate of drug-likeness (QED) is 0.856. The van der Waals surface area contributed by atoms with Crippen molar-refractivity contribution in [3.8, 4) is 6.07 Å². The van der Waals surface area contributed by atoms with Crippen LogP contribution in [0.25, 0.3) is 0 Å². The van der Waals surface area contributed by atoms with E-state index in [0.29, 0.717) is 12.0 Å². The summed E-state index contributed by atoms with van der Waals surface area (Å²) in [6.45, 7) is 1.97. The van der Waals surface area contributed by atoms with Crippen LogP contribution >= 0.6 is 11.6 Å². The molecule has 2 atom stereocenters. The van der Waals surface area contributed by atoms with Crippen LogP contribution in [0.4, 0.5) is 0 Å². The van der Waals surface area contributed by atoms with E-state index >= 15 is 0 Å². The molecule has 8 heteroatoms. The first-order valence-corrected chi connectivity index (χ1v) is 9.27. The van der Waals surface area contributed by atoms with Crippen molar-refractivity contribution in [2.45, 2.75) is 23.5 Å². The van der Waals surface area contributed by atoms with Crippen molar-refractivity contribution < 1.29 is 12.6 Å². The van der Waals surface area contributed by atoms with E-state index in [9.17, 15) is 12.6 Å². The maximum atomic E-state index is 12.0. The van der Waals surface area contributed by atoms with Crippen LogP contribution in [0.1, 0.15) is 18.9 Å². The predicted octanol–water partition coefficient (Wildman–Crippen LogP) is 1.65. The first kappa shape index (κ1) is 17.1. The lowest BCUT2D eigenvalue weighted by Gasteiger charge is -2.11. The van der Waals surface area contributed by atoms with E-state index in [4.69, 9.17) is 16.9 Å². The van der Waals surface area contributed by atoms with Gasteiger partial charge in [-0.05, 0) is 24.6 Å². The summed E-state index contributed by atoms with van der Waals surface area (Å²) in [7, 11) is -4.72. The second-order valence-corrected chi connectivity index (χ2v) is 8.20. The molecule has 0 aliphatic rings. The zero-order valence-corrected chi connectivity index (χ0v) is 13.5. The van der Waals surface area contributed by atoms with Gasteiger partial charge in [0.25, 0.3) is 0 Å². The molecule has 0 spiro atoms. The number of nitriles is 1. The van der Waals surface area contributed by atoms with Gasteiger partial charge in [0, 0.05) is 28.9 Å². The Balaban J connectivity index is 2.80. The Labute approximate surface area is 126 Å². The highest BCUT2D eigenvalue weighted by molar-refractivity contribution is 7.89. The second kappa shape index (κ2) is 7.18. The summed E-state index contributed by atoms with van der Waals surface area (Å²) in [6, 6.07) is 5.88. The monoisotopic (exact) mass is 334 g/mol. The highest BCUT2D eigenvalue weighted by Crippen LogP contribution is 2.22. The summed E-state index contributed by atoms with van der Waals surface area (Å²) in [4.78, 5) is -0.0663. The molecule has 0 aliphatic carbocycles. The fourth-order valence-electron chi connectivity index (χ4n) is 1.43. The Morgan fingerprint density at radius 1 is 1.50 bits per heavy atom. The van der Waals surface area contributed by atoms with Gasteiger partial charge in [-0.25, -0.2) is 13.1 Å². The van der Waals surface area contributed by atoms with Crippen molar-refractivity contribution >= 4 is 32.4 Å². The van der Waals surface area contributed by atoms with E-state index in [1.54, 1.807) is 13.2 Å². The number of rotatable bonds is 6. The van der Waals surface area contributed by atoms with E-state index < -0.39 is 20.8 Å². The van der Waals surface area contributed by atoms with Gasteiger partial charge in [0.15, 0.2) is 0 Å². The molecule has 1 N–H and O–H groups in total. The van der Waals surface area contributed by atoms with Gasteiger partial charge >= 0.3 is 0 Å². The number of nitrogens with one attached hydrogen (secondary N) is 1. The van der Waals surface area contributed by atoms with Crippen molar-refractivity contribution in [3.05, 3.63) is 28.8 Å². The minimum absolute atomic E-state index is 0.00339. The van der Waals surface area contributed by atoms with Crippen molar-refractivity contribution in [2.75, 3.05) is 12.8 Å². The van der Waals surface area contributed by atoms with Gasteiger partial charge in [0.2, 0.25) is 10.0 Å². The maximum absolute atomic E-state index is 12.0. The highest BCUT2D eigenvalue weighted by Gasteiger charge is 2.18. The number of halogens is 1. The molecule has 1 rings (SSSR count). The fourth-order valence-corrected chi connectivity index (χ4v) is 3.47. The van der Waals surface area contributed by atoms with Crippen molar-refractivity contribution in [1.82, 2.24) is 4.72 Å². The number of benzene rings is 1. The summed E-state index contributed by atoms with van der Waals surface area (Å²) in [5, 5.41) is 8.62. The van der Waals surface area contributed by atoms with Crippen molar-refractivity contribution in [3.63, 3.8) is 0 Å². The number of nitrogens with zero attached hydrogens (tertiary/aromatic N) is 1. The third-order valence-corrected chi connectivity index (χ3v) is 6.07. The Bertz CT molecular complexity index is 653. The molecule has 1 aromatic rings. The first-order valence-electron chi connectivity index (χ1n) is 5.79. The second-order valence-electron chi connectivity index (χ2n) is 4.25. The molecule has 20 heavy (non-hydrogen) atoms. The third kappa shape index (κ3) is 4.56. The zero-order chi connectivity index (χ0) is 15.3. The van der Waals surface area contributed by atoms with Gasteiger partial charge in [0.1, 0.15) is 4.90 Å². The normalized spacial score (nSPS) is 14.5. The molecule has 0 heterocycles. The van der Waals surface area contributed by atoms with Crippen LogP contribution in [0, 0.1) is 11.3 Å². The van der Waals surface area contributed by atoms with Gasteiger partial charge < -0.3 is 0 Å². The third-order valence-electron chi connectivity index (χ3n) is 2.76. The first-order chi connectivity index (χ1) is 9.27. The Morgan fingerprint density at radius 2 is 2.15 bits per heavy atom. The molecule has 0 aliphatic heterocycles. The maximum Gasteiger partial charge on any atom is 0.242 e. The number of hydrogen-bond donors (Lipinski definition) is 1. The van der Waals surface area contributed by atoms with E-state index in [1.807, 2.05) is 6.07 Å². The Hall–Kier alpha value is -0.940. The Kier molecular flexibility index (Phi) is 6.14. The zero-order valence-electron chi connectivity index (χ0n) is 11.1. The molecule has 0 saturated carbocycles. The van der Waals surface area contributed by atoms with Gasteiger partial charge in [-0.1, -0.05) is 18.5 Å². The van der Waals surface area contributed by atoms with Crippen LogP contribution in [-0.4, -0.2) is 30.7 Å². The molecule has 0 bridgehead atoms. The molecule has 0 amide bonds. The smallest absolute Gasteiger partial charge is 0.242 e. The van der Waals surface area contributed by atoms with Crippen LogP contribution in [-0.2, 0) is 20.8 Å². The molecular formula is C12H15ClN2O3S2. The van der Waals surface area contributed by atoms with Gasteiger partial charge in [-0.2, -0.15) is 5.26 Å². The fraction of sp³-hybridized carbons (Fsp3) is 0.417. The largest absolute Gasteiger partial charge is 0.260 e. The average Bonchev–Trinajstić information content (AvgIpc) is 2.37. The lowest BCUT2D eigenvalue weighted by Crippen LogP contribution is -2.27. The lowest BCUT2D eigenvalue weighted by molar-refractivity contribution is 0.578. The van der Waals surface area contributed by atoms with Crippen LogP contribution in [0.3, 0.4) is 0 Å². The number of sulfonamides is 1. The number of hydrogen-bond acceptors (Lipinski definition) is 4. The molecule has 0 fully saturated rings.